The Balaban J connectivity index is 1.56. The number of esters is 1. The number of rotatable bonds is 8. The number of ether oxygens (including phenoxy) is 3. The molecule has 10 heteroatoms. The second-order valence-electron chi connectivity index (χ2n) is 8.09. The minimum atomic E-state index is -0.438. The number of thioether (sulfide) groups is 1. The van der Waals surface area contributed by atoms with E-state index in [0.29, 0.717) is 55.6 Å². The summed E-state index contributed by atoms with van der Waals surface area (Å²) in [6.45, 7) is 2.31. The highest BCUT2D eigenvalue weighted by Crippen LogP contribution is 2.39. The maximum atomic E-state index is 13.5. The van der Waals surface area contributed by atoms with E-state index in [-0.39, 0.29) is 18.3 Å². The molecule has 0 atom stereocenters. The Morgan fingerprint density at radius 1 is 1.13 bits per heavy atom. The standard InChI is InChI=1S/C28H24ClFN2O5S/c1-4-36-23-14-18(13-22(29)25(23)37-16-17-6-5-7-20(30)12-17)15-24-26(33)32(2)28(38-24)31-21-10-8-19(9-11-21)27(34)35-3/h5-15H,4,16H2,1-3H3/b24-15-,31-28?. The average molecular weight is 555 g/mol. The smallest absolute Gasteiger partial charge is 0.337 e. The van der Waals surface area contributed by atoms with E-state index >= 15 is 0 Å². The van der Waals surface area contributed by atoms with E-state index in [2.05, 4.69) is 4.99 Å². The zero-order valence-electron chi connectivity index (χ0n) is 20.9. The molecule has 1 aliphatic heterocycles. The van der Waals surface area contributed by atoms with E-state index < -0.39 is 5.97 Å². The zero-order chi connectivity index (χ0) is 27.2. The fourth-order valence-electron chi connectivity index (χ4n) is 3.56. The number of carbonyl (C=O) groups excluding carboxylic acids is 2. The minimum absolute atomic E-state index is 0.109. The molecular formula is C28H24ClFN2O5S. The highest BCUT2D eigenvalue weighted by atomic mass is 35.5. The summed E-state index contributed by atoms with van der Waals surface area (Å²) in [6, 6.07) is 16.1. The second kappa shape index (κ2) is 12.1. The van der Waals surface area contributed by atoms with Gasteiger partial charge in [0, 0.05) is 7.05 Å². The van der Waals surface area contributed by atoms with E-state index in [9.17, 15) is 14.0 Å². The van der Waals surface area contributed by atoms with E-state index in [4.69, 9.17) is 25.8 Å². The molecule has 0 saturated carbocycles. The molecule has 3 aromatic carbocycles. The predicted octanol–water partition coefficient (Wildman–Crippen LogP) is 6.48. The maximum absolute atomic E-state index is 13.5. The number of benzene rings is 3. The maximum Gasteiger partial charge on any atom is 0.337 e. The van der Waals surface area contributed by atoms with Gasteiger partial charge in [-0.25, -0.2) is 14.2 Å². The first kappa shape index (κ1) is 27.2. The van der Waals surface area contributed by atoms with Crippen molar-refractivity contribution in [1.29, 1.82) is 0 Å². The van der Waals surface area contributed by atoms with Crippen LogP contribution in [0, 0.1) is 5.82 Å². The second-order valence-corrected chi connectivity index (χ2v) is 9.51. The quantitative estimate of drug-likeness (QED) is 0.234. The molecule has 0 aliphatic carbocycles. The van der Waals surface area contributed by atoms with Crippen molar-refractivity contribution in [2.45, 2.75) is 13.5 Å². The van der Waals surface area contributed by atoms with Crippen LogP contribution in [0.3, 0.4) is 0 Å². The monoisotopic (exact) mass is 554 g/mol. The number of nitrogens with zero attached hydrogens (tertiary/aromatic N) is 2. The Hall–Kier alpha value is -3.82. The van der Waals surface area contributed by atoms with Gasteiger partial charge in [-0.2, -0.15) is 0 Å². The fraction of sp³-hybridized carbons (Fsp3) is 0.179. The molecule has 4 rings (SSSR count). The molecule has 1 fully saturated rings. The fourth-order valence-corrected chi connectivity index (χ4v) is 4.82. The molecule has 0 spiro atoms. The average Bonchev–Trinajstić information content (AvgIpc) is 3.16. The van der Waals surface area contributed by atoms with Crippen LogP contribution in [0.15, 0.2) is 70.6 Å². The molecule has 1 saturated heterocycles. The summed E-state index contributed by atoms with van der Waals surface area (Å²) in [7, 11) is 2.96. The van der Waals surface area contributed by atoms with Gasteiger partial charge < -0.3 is 14.2 Å². The number of amidine groups is 1. The lowest BCUT2D eigenvalue weighted by atomic mass is 10.1. The lowest BCUT2D eigenvalue weighted by molar-refractivity contribution is -0.121. The third kappa shape index (κ3) is 6.35. The Bertz CT molecular complexity index is 1430. The number of methoxy groups -OCH3 is 1. The minimum Gasteiger partial charge on any atom is -0.490 e. The van der Waals surface area contributed by atoms with Crippen LogP contribution in [0.25, 0.3) is 6.08 Å². The highest BCUT2D eigenvalue weighted by Gasteiger charge is 2.30. The number of aliphatic imine (C=N–C) groups is 1. The Morgan fingerprint density at radius 2 is 1.89 bits per heavy atom. The number of likely N-dealkylation sites (N-methyl/N-ethyl adjacent to an activating group) is 1. The molecule has 1 amide bonds. The Morgan fingerprint density at radius 3 is 2.58 bits per heavy atom. The Kier molecular flexibility index (Phi) is 8.70. The van der Waals surface area contributed by atoms with Crippen LogP contribution in [0.1, 0.15) is 28.4 Å². The normalized spacial score (nSPS) is 15.3. The summed E-state index contributed by atoms with van der Waals surface area (Å²) < 4.78 is 29.8. The molecule has 3 aromatic rings. The third-order valence-electron chi connectivity index (χ3n) is 5.42. The van der Waals surface area contributed by atoms with Crippen LogP contribution in [0.2, 0.25) is 5.02 Å². The van der Waals surface area contributed by atoms with E-state index in [1.165, 1.54) is 35.9 Å². The van der Waals surface area contributed by atoms with E-state index in [1.54, 1.807) is 61.7 Å². The topological polar surface area (TPSA) is 77.4 Å². The molecule has 0 unspecified atom stereocenters. The number of hydrogen-bond acceptors (Lipinski definition) is 7. The summed E-state index contributed by atoms with van der Waals surface area (Å²) in [4.78, 5) is 31.0. The van der Waals surface area contributed by atoms with Crippen LogP contribution in [0.4, 0.5) is 10.1 Å². The molecule has 1 aliphatic rings. The van der Waals surface area contributed by atoms with Gasteiger partial charge in [0.1, 0.15) is 12.4 Å². The first-order valence-electron chi connectivity index (χ1n) is 11.6. The zero-order valence-corrected chi connectivity index (χ0v) is 22.4. The van der Waals surface area contributed by atoms with Crippen molar-refractivity contribution in [1.82, 2.24) is 4.90 Å². The van der Waals surface area contributed by atoms with E-state index in [0.717, 1.165) is 0 Å². The van der Waals surface area contributed by atoms with Crippen molar-refractivity contribution in [2.24, 2.45) is 4.99 Å². The molecule has 38 heavy (non-hydrogen) atoms. The SMILES string of the molecule is CCOc1cc(/C=C2\SC(=Nc3ccc(C(=O)OC)cc3)N(C)C2=O)cc(Cl)c1OCc1cccc(F)c1. The molecule has 1 heterocycles. The molecule has 196 valence electrons. The van der Waals surface area contributed by atoms with Crippen molar-refractivity contribution >= 4 is 52.2 Å². The van der Waals surface area contributed by atoms with Crippen LogP contribution in [-0.4, -0.2) is 42.7 Å². The van der Waals surface area contributed by atoms with Crippen molar-refractivity contribution in [2.75, 3.05) is 20.8 Å². The molecule has 0 radical (unpaired) electrons. The molecular weight excluding hydrogens is 531 g/mol. The lowest BCUT2D eigenvalue weighted by Crippen LogP contribution is -2.23. The summed E-state index contributed by atoms with van der Waals surface area (Å²) in [5.41, 5.74) is 2.29. The number of carbonyl (C=O) groups is 2. The van der Waals surface area contributed by atoms with Gasteiger partial charge in [0.05, 0.1) is 34.9 Å². The summed E-state index contributed by atoms with van der Waals surface area (Å²) in [5, 5.41) is 0.779. The first-order valence-corrected chi connectivity index (χ1v) is 12.8. The highest BCUT2D eigenvalue weighted by molar-refractivity contribution is 8.18. The summed E-state index contributed by atoms with van der Waals surface area (Å²) in [5.74, 6) is -0.270. The van der Waals surface area contributed by atoms with Crippen molar-refractivity contribution in [3.63, 3.8) is 0 Å². The van der Waals surface area contributed by atoms with Crippen molar-refractivity contribution < 1.29 is 28.2 Å². The van der Waals surface area contributed by atoms with Gasteiger partial charge in [-0.15, -0.1) is 0 Å². The molecule has 0 aromatic heterocycles. The number of amides is 1. The molecule has 0 N–H and O–H groups in total. The van der Waals surface area contributed by atoms with Gasteiger partial charge in [0.2, 0.25) is 0 Å². The number of halogens is 2. The van der Waals surface area contributed by atoms with Gasteiger partial charge in [-0.05, 0) is 84.4 Å². The van der Waals surface area contributed by atoms with Gasteiger partial charge in [0.15, 0.2) is 16.7 Å². The molecule has 7 nitrogen and oxygen atoms in total. The lowest BCUT2D eigenvalue weighted by Gasteiger charge is -2.15. The van der Waals surface area contributed by atoms with Crippen molar-refractivity contribution in [3.05, 3.63) is 93.1 Å². The predicted molar refractivity (Wildman–Crippen MR) is 147 cm³/mol. The van der Waals surface area contributed by atoms with E-state index in [1.807, 2.05) is 6.92 Å². The number of hydrogen-bond donors (Lipinski definition) is 0. The Labute approximate surface area is 228 Å². The van der Waals surface area contributed by atoms with Crippen molar-refractivity contribution in [3.8, 4) is 11.5 Å². The first-order chi connectivity index (χ1) is 18.3. The third-order valence-corrected chi connectivity index (χ3v) is 6.76. The van der Waals surface area contributed by atoms with Crippen LogP contribution >= 0.6 is 23.4 Å². The van der Waals surface area contributed by atoms with Gasteiger partial charge >= 0.3 is 5.97 Å². The van der Waals surface area contributed by atoms with Gasteiger partial charge in [0.25, 0.3) is 5.91 Å². The summed E-state index contributed by atoms with van der Waals surface area (Å²) in [6.07, 6.45) is 1.71. The molecule has 0 bridgehead atoms. The largest absolute Gasteiger partial charge is 0.490 e. The van der Waals surface area contributed by atoms with Gasteiger partial charge in [-0.1, -0.05) is 23.7 Å². The van der Waals surface area contributed by atoms with Crippen LogP contribution < -0.4 is 9.47 Å². The summed E-state index contributed by atoms with van der Waals surface area (Å²) >= 11 is 7.75. The van der Waals surface area contributed by atoms with Crippen LogP contribution in [0.5, 0.6) is 11.5 Å². The van der Waals surface area contributed by atoms with Crippen LogP contribution in [-0.2, 0) is 16.1 Å². The van der Waals surface area contributed by atoms with Gasteiger partial charge in [-0.3, -0.25) is 9.69 Å².